The molecular formula is C8H16N2O4. The van der Waals surface area contributed by atoms with Gasteiger partial charge in [-0.25, -0.2) is 0 Å². The lowest BCUT2D eigenvalue weighted by molar-refractivity contribution is -0.143. The van der Waals surface area contributed by atoms with E-state index in [2.05, 4.69) is 10.1 Å². The summed E-state index contributed by atoms with van der Waals surface area (Å²) in [4.78, 5) is 21.5. The molecule has 0 heterocycles. The molecule has 82 valence electrons. The van der Waals surface area contributed by atoms with Crippen LogP contribution in [0, 0.1) is 0 Å². The Labute approximate surface area is 82.4 Å². The number of rotatable bonds is 6. The number of aliphatic hydroxyl groups is 1. The van der Waals surface area contributed by atoms with E-state index in [4.69, 9.17) is 10.8 Å². The minimum atomic E-state index is -1.28. The zero-order valence-electron chi connectivity index (χ0n) is 8.32. The number of carbonyl (C=O) groups excluding carboxylic acids is 2. The first-order valence-corrected chi connectivity index (χ1v) is 4.31. The van der Waals surface area contributed by atoms with E-state index in [-0.39, 0.29) is 6.54 Å². The fraction of sp³-hybridized carbons (Fsp3) is 0.750. The fourth-order valence-corrected chi connectivity index (χ4v) is 0.891. The lowest BCUT2D eigenvalue weighted by Crippen LogP contribution is -2.45. The minimum Gasteiger partial charge on any atom is -0.468 e. The summed E-state index contributed by atoms with van der Waals surface area (Å²) >= 11 is 0. The summed E-state index contributed by atoms with van der Waals surface area (Å²) in [7, 11) is 1.27. The van der Waals surface area contributed by atoms with Gasteiger partial charge in [0.25, 0.3) is 0 Å². The zero-order chi connectivity index (χ0) is 11.1. The molecule has 4 N–H and O–H groups in total. The van der Waals surface area contributed by atoms with E-state index in [1.807, 2.05) is 0 Å². The van der Waals surface area contributed by atoms with Crippen LogP contribution in [0.2, 0.25) is 0 Å². The number of nitrogens with two attached hydrogens (primary N) is 1. The summed E-state index contributed by atoms with van der Waals surface area (Å²) < 4.78 is 4.50. The molecule has 0 aliphatic rings. The predicted octanol–water partition coefficient (Wildman–Crippen LogP) is -1.63. The van der Waals surface area contributed by atoms with Crippen molar-refractivity contribution in [2.75, 3.05) is 13.7 Å². The number of esters is 1. The molecule has 0 spiro atoms. The molecule has 14 heavy (non-hydrogen) atoms. The van der Waals surface area contributed by atoms with Crippen LogP contribution in [0.15, 0.2) is 0 Å². The van der Waals surface area contributed by atoms with Crippen molar-refractivity contribution in [2.45, 2.75) is 25.5 Å². The first-order chi connectivity index (χ1) is 6.52. The standard InChI is InChI=1S/C8H16N2O4/c1-3-5(8(13)14-2)10-4-6(11)7(9)12/h5-6,10-11H,3-4H2,1-2H3,(H2,9,12). The van der Waals surface area contributed by atoms with Crippen LogP contribution in [0.5, 0.6) is 0 Å². The van der Waals surface area contributed by atoms with Crippen molar-refractivity contribution in [1.29, 1.82) is 0 Å². The SMILES string of the molecule is CCC(NCC(O)C(N)=O)C(=O)OC. The zero-order valence-corrected chi connectivity index (χ0v) is 8.32. The number of hydrogen-bond donors (Lipinski definition) is 3. The second-order valence-corrected chi connectivity index (χ2v) is 2.81. The maximum absolute atomic E-state index is 11.0. The molecule has 0 saturated heterocycles. The highest BCUT2D eigenvalue weighted by molar-refractivity contribution is 5.79. The van der Waals surface area contributed by atoms with E-state index in [9.17, 15) is 9.59 Å². The molecule has 0 aliphatic carbocycles. The Balaban J connectivity index is 3.95. The Kier molecular flexibility index (Phi) is 5.82. The molecule has 0 aromatic heterocycles. The van der Waals surface area contributed by atoms with Gasteiger partial charge in [-0.05, 0) is 6.42 Å². The lowest BCUT2D eigenvalue weighted by atomic mass is 10.2. The summed E-state index contributed by atoms with van der Waals surface area (Å²) in [5.74, 6) is -1.25. The molecule has 0 radical (unpaired) electrons. The molecule has 0 aliphatic heterocycles. The van der Waals surface area contributed by atoms with Gasteiger partial charge in [0.05, 0.1) is 7.11 Å². The van der Waals surface area contributed by atoms with Crippen molar-refractivity contribution in [3.05, 3.63) is 0 Å². The monoisotopic (exact) mass is 204 g/mol. The van der Waals surface area contributed by atoms with Gasteiger partial charge in [-0.1, -0.05) is 6.92 Å². The third kappa shape index (κ3) is 4.20. The van der Waals surface area contributed by atoms with Crippen LogP contribution in [0.4, 0.5) is 0 Å². The minimum absolute atomic E-state index is 0.0526. The topological polar surface area (TPSA) is 102 Å². The highest BCUT2D eigenvalue weighted by Crippen LogP contribution is 1.94. The van der Waals surface area contributed by atoms with Crippen LogP contribution < -0.4 is 11.1 Å². The van der Waals surface area contributed by atoms with E-state index < -0.39 is 24.0 Å². The van der Waals surface area contributed by atoms with Gasteiger partial charge in [0.15, 0.2) is 0 Å². The quantitative estimate of drug-likeness (QED) is 0.451. The van der Waals surface area contributed by atoms with Gasteiger partial charge in [-0.15, -0.1) is 0 Å². The summed E-state index contributed by atoms with van der Waals surface area (Å²) in [6.07, 6.45) is -0.772. The number of aliphatic hydroxyl groups excluding tert-OH is 1. The van der Waals surface area contributed by atoms with Gasteiger partial charge in [0, 0.05) is 6.54 Å². The molecule has 0 saturated carbocycles. The third-order valence-corrected chi connectivity index (χ3v) is 1.78. The maximum Gasteiger partial charge on any atom is 0.322 e. The number of carbonyl (C=O) groups is 2. The molecule has 0 rings (SSSR count). The first-order valence-electron chi connectivity index (χ1n) is 4.31. The molecule has 6 heteroatoms. The van der Waals surface area contributed by atoms with E-state index in [1.165, 1.54) is 7.11 Å². The molecule has 2 unspecified atom stereocenters. The van der Waals surface area contributed by atoms with Gasteiger partial charge in [0.2, 0.25) is 5.91 Å². The Hall–Kier alpha value is -1.14. The van der Waals surface area contributed by atoms with Crippen molar-refractivity contribution in [3.8, 4) is 0 Å². The van der Waals surface area contributed by atoms with Crippen LogP contribution in [0.3, 0.4) is 0 Å². The summed E-state index contributed by atoms with van der Waals surface area (Å²) in [6, 6.07) is -0.519. The maximum atomic E-state index is 11.0. The van der Waals surface area contributed by atoms with E-state index in [0.29, 0.717) is 6.42 Å². The van der Waals surface area contributed by atoms with E-state index in [1.54, 1.807) is 6.92 Å². The summed E-state index contributed by atoms with van der Waals surface area (Å²) in [6.45, 7) is 1.73. The first kappa shape index (κ1) is 12.9. The summed E-state index contributed by atoms with van der Waals surface area (Å²) in [5, 5.41) is 11.7. The largest absolute Gasteiger partial charge is 0.468 e. The van der Waals surface area contributed by atoms with Gasteiger partial charge in [-0.2, -0.15) is 0 Å². The molecule has 0 aromatic rings. The van der Waals surface area contributed by atoms with Crippen LogP contribution in [-0.4, -0.2) is 42.8 Å². The molecule has 0 bridgehead atoms. The van der Waals surface area contributed by atoms with Crippen molar-refractivity contribution >= 4 is 11.9 Å². The average molecular weight is 204 g/mol. The number of ether oxygens (including phenoxy) is 1. The van der Waals surface area contributed by atoms with Crippen molar-refractivity contribution in [1.82, 2.24) is 5.32 Å². The molecule has 0 aromatic carbocycles. The molecule has 1 amide bonds. The average Bonchev–Trinajstić information content (AvgIpc) is 2.17. The highest BCUT2D eigenvalue weighted by atomic mass is 16.5. The van der Waals surface area contributed by atoms with Crippen molar-refractivity contribution in [2.24, 2.45) is 5.73 Å². The third-order valence-electron chi connectivity index (χ3n) is 1.78. The highest BCUT2D eigenvalue weighted by Gasteiger charge is 2.19. The van der Waals surface area contributed by atoms with Crippen molar-refractivity contribution < 1.29 is 19.4 Å². The van der Waals surface area contributed by atoms with Crippen LogP contribution in [-0.2, 0) is 14.3 Å². The van der Waals surface area contributed by atoms with Gasteiger partial charge in [0.1, 0.15) is 12.1 Å². The molecule has 6 nitrogen and oxygen atoms in total. The van der Waals surface area contributed by atoms with Gasteiger partial charge in [-0.3, -0.25) is 9.59 Å². The lowest BCUT2D eigenvalue weighted by Gasteiger charge is -2.15. The number of primary amides is 1. The summed E-state index contributed by atoms with van der Waals surface area (Å²) in [5.41, 5.74) is 4.83. The van der Waals surface area contributed by atoms with E-state index >= 15 is 0 Å². The molecule has 0 fully saturated rings. The van der Waals surface area contributed by atoms with Crippen LogP contribution in [0.25, 0.3) is 0 Å². The molecular weight excluding hydrogens is 188 g/mol. The fourth-order valence-electron chi connectivity index (χ4n) is 0.891. The normalized spacial score (nSPS) is 14.5. The van der Waals surface area contributed by atoms with Crippen LogP contribution >= 0.6 is 0 Å². The van der Waals surface area contributed by atoms with Gasteiger partial charge < -0.3 is 20.9 Å². The number of hydrogen-bond acceptors (Lipinski definition) is 5. The van der Waals surface area contributed by atoms with Crippen LogP contribution in [0.1, 0.15) is 13.3 Å². The number of nitrogens with one attached hydrogen (secondary N) is 1. The predicted molar refractivity (Wildman–Crippen MR) is 49.3 cm³/mol. The second kappa shape index (κ2) is 6.33. The number of methoxy groups -OCH3 is 1. The number of amides is 1. The second-order valence-electron chi connectivity index (χ2n) is 2.81. The Morgan fingerprint density at radius 3 is 2.50 bits per heavy atom. The Bertz CT molecular complexity index is 208. The smallest absolute Gasteiger partial charge is 0.322 e. The van der Waals surface area contributed by atoms with E-state index in [0.717, 1.165) is 0 Å². The van der Waals surface area contributed by atoms with Gasteiger partial charge >= 0.3 is 5.97 Å². The van der Waals surface area contributed by atoms with Crippen molar-refractivity contribution in [3.63, 3.8) is 0 Å². The Morgan fingerprint density at radius 1 is 1.57 bits per heavy atom. The molecule has 2 atom stereocenters. The Morgan fingerprint density at radius 2 is 2.14 bits per heavy atom.